The van der Waals surface area contributed by atoms with Gasteiger partial charge in [-0.05, 0) is 25.0 Å². The predicted molar refractivity (Wildman–Crippen MR) is 81.6 cm³/mol. The lowest BCUT2D eigenvalue weighted by Gasteiger charge is -2.22. The molecule has 3 rings (SSSR count). The summed E-state index contributed by atoms with van der Waals surface area (Å²) in [5.41, 5.74) is 2.59. The van der Waals surface area contributed by atoms with Crippen molar-refractivity contribution in [3.63, 3.8) is 0 Å². The van der Waals surface area contributed by atoms with Gasteiger partial charge in [-0.1, -0.05) is 12.8 Å². The van der Waals surface area contributed by atoms with E-state index in [-0.39, 0.29) is 0 Å². The average molecular weight is 286 g/mol. The maximum Gasteiger partial charge on any atom is 0.0983 e. The van der Waals surface area contributed by atoms with E-state index >= 15 is 0 Å². The second-order valence-corrected chi connectivity index (χ2v) is 5.95. The van der Waals surface area contributed by atoms with Crippen molar-refractivity contribution in [1.29, 1.82) is 0 Å². The summed E-state index contributed by atoms with van der Waals surface area (Å²) in [5.74, 6) is 0. The molecule has 0 amide bonds. The van der Waals surface area contributed by atoms with Gasteiger partial charge in [0.15, 0.2) is 0 Å². The molecule has 5 nitrogen and oxygen atoms in total. The first-order valence-electron chi connectivity index (χ1n) is 7.52. The molecule has 1 fully saturated rings. The zero-order valence-corrected chi connectivity index (χ0v) is 12.4. The van der Waals surface area contributed by atoms with Gasteiger partial charge in [0.1, 0.15) is 0 Å². The van der Waals surface area contributed by atoms with E-state index in [1.807, 2.05) is 36.3 Å². The highest BCUT2D eigenvalue weighted by molar-refractivity contribution is 5.61. The summed E-state index contributed by atoms with van der Waals surface area (Å²) in [6.07, 6.45) is 9.69. The van der Waals surface area contributed by atoms with Gasteiger partial charge in [-0.3, -0.25) is 9.67 Å². The highest BCUT2D eigenvalue weighted by Crippen LogP contribution is 2.29. The maximum absolute atomic E-state index is 10.4. The monoisotopic (exact) mass is 286 g/mol. The molecule has 5 heteroatoms. The highest BCUT2D eigenvalue weighted by atomic mass is 16.3. The summed E-state index contributed by atoms with van der Waals surface area (Å²) < 4.78 is 1.82. The van der Waals surface area contributed by atoms with Crippen LogP contribution in [0.5, 0.6) is 0 Å². The van der Waals surface area contributed by atoms with Crippen LogP contribution in [0.1, 0.15) is 31.2 Å². The van der Waals surface area contributed by atoms with Gasteiger partial charge in [0.05, 0.1) is 11.3 Å². The molecular formula is C16H22N4O. The van der Waals surface area contributed by atoms with Crippen LogP contribution in [0.2, 0.25) is 0 Å². The summed E-state index contributed by atoms with van der Waals surface area (Å²) >= 11 is 0. The highest BCUT2D eigenvalue weighted by Gasteiger charge is 2.30. The van der Waals surface area contributed by atoms with Crippen LogP contribution in [0.4, 0.5) is 0 Å². The Morgan fingerprint density at radius 2 is 2.19 bits per heavy atom. The zero-order chi connectivity index (χ0) is 14.7. The van der Waals surface area contributed by atoms with Gasteiger partial charge in [0.2, 0.25) is 0 Å². The van der Waals surface area contributed by atoms with E-state index in [4.69, 9.17) is 0 Å². The van der Waals surface area contributed by atoms with E-state index in [1.54, 1.807) is 6.20 Å². The number of aromatic nitrogens is 3. The van der Waals surface area contributed by atoms with Crippen LogP contribution >= 0.6 is 0 Å². The third kappa shape index (κ3) is 3.31. The van der Waals surface area contributed by atoms with Crippen molar-refractivity contribution in [2.75, 3.05) is 6.54 Å². The van der Waals surface area contributed by atoms with Crippen LogP contribution in [-0.2, 0) is 13.6 Å². The zero-order valence-electron chi connectivity index (χ0n) is 12.4. The number of nitrogens with one attached hydrogen (secondary N) is 1. The molecule has 0 bridgehead atoms. The lowest BCUT2D eigenvalue weighted by atomic mass is 10.0. The van der Waals surface area contributed by atoms with Gasteiger partial charge in [-0.2, -0.15) is 5.10 Å². The maximum atomic E-state index is 10.4. The van der Waals surface area contributed by atoms with Gasteiger partial charge < -0.3 is 10.4 Å². The molecule has 0 atom stereocenters. The summed E-state index contributed by atoms with van der Waals surface area (Å²) in [6, 6.07) is 3.94. The summed E-state index contributed by atoms with van der Waals surface area (Å²) in [7, 11) is 1.92. The predicted octanol–water partition coefficient (Wildman–Crippen LogP) is 1.88. The first kappa shape index (κ1) is 14.2. The Hall–Kier alpha value is -1.72. The molecule has 2 N–H and O–H groups in total. The molecule has 2 heterocycles. The third-order valence-electron chi connectivity index (χ3n) is 4.14. The lowest BCUT2D eigenvalue weighted by Crippen LogP contribution is -2.37. The van der Waals surface area contributed by atoms with Crippen molar-refractivity contribution < 1.29 is 5.11 Å². The minimum atomic E-state index is -0.517. The molecule has 21 heavy (non-hydrogen) atoms. The minimum Gasteiger partial charge on any atom is -0.389 e. The largest absolute Gasteiger partial charge is 0.389 e. The Labute approximate surface area is 125 Å². The Balaban J connectivity index is 1.68. The van der Waals surface area contributed by atoms with Gasteiger partial charge in [-0.25, -0.2) is 0 Å². The number of aryl methyl sites for hydroxylation is 1. The van der Waals surface area contributed by atoms with Gasteiger partial charge >= 0.3 is 0 Å². The van der Waals surface area contributed by atoms with Crippen molar-refractivity contribution >= 4 is 0 Å². The van der Waals surface area contributed by atoms with Gasteiger partial charge in [-0.15, -0.1) is 0 Å². The second kappa shape index (κ2) is 5.95. The Kier molecular flexibility index (Phi) is 4.03. The number of hydrogen-bond donors (Lipinski definition) is 2. The molecule has 2 aromatic rings. The topological polar surface area (TPSA) is 63.0 Å². The number of aliphatic hydroxyl groups is 1. The molecule has 0 aromatic carbocycles. The van der Waals surface area contributed by atoms with E-state index in [0.29, 0.717) is 13.1 Å². The molecule has 0 saturated heterocycles. The molecule has 1 aliphatic rings. The quantitative estimate of drug-likeness (QED) is 0.881. The number of hydrogen-bond acceptors (Lipinski definition) is 4. The van der Waals surface area contributed by atoms with Crippen molar-refractivity contribution in [2.45, 2.75) is 37.8 Å². The first-order valence-corrected chi connectivity index (χ1v) is 7.52. The van der Waals surface area contributed by atoms with Crippen molar-refractivity contribution in [3.05, 3.63) is 36.3 Å². The number of pyridine rings is 1. The van der Waals surface area contributed by atoms with Crippen LogP contribution in [0, 0.1) is 0 Å². The number of nitrogens with zero attached hydrogens (tertiary/aromatic N) is 3. The molecule has 2 aromatic heterocycles. The van der Waals surface area contributed by atoms with Crippen molar-refractivity contribution in [3.8, 4) is 11.3 Å². The Morgan fingerprint density at radius 3 is 2.90 bits per heavy atom. The third-order valence-corrected chi connectivity index (χ3v) is 4.14. The summed E-state index contributed by atoms with van der Waals surface area (Å²) in [6.45, 7) is 1.36. The van der Waals surface area contributed by atoms with E-state index < -0.39 is 5.60 Å². The van der Waals surface area contributed by atoms with Gasteiger partial charge in [0, 0.05) is 49.9 Å². The van der Waals surface area contributed by atoms with E-state index in [2.05, 4.69) is 15.4 Å². The van der Waals surface area contributed by atoms with Crippen LogP contribution < -0.4 is 5.32 Å². The SMILES string of the molecule is Cn1cc(CNCC2(O)CCCC2)c(-c2cccnc2)n1. The fraction of sp³-hybridized carbons (Fsp3) is 0.500. The molecule has 0 unspecified atom stereocenters. The van der Waals surface area contributed by atoms with Crippen LogP contribution in [-0.4, -0.2) is 32.0 Å². The molecule has 0 radical (unpaired) electrons. The number of rotatable bonds is 5. The van der Waals surface area contributed by atoms with E-state index in [0.717, 1.165) is 42.5 Å². The average Bonchev–Trinajstić information content (AvgIpc) is 3.07. The van der Waals surface area contributed by atoms with E-state index in [1.165, 1.54) is 0 Å². The van der Waals surface area contributed by atoms with Crippen molar-refractivity contribution in [1.82, 2.24) is 20.1 Å². The lowest BCUT2D eigenvalue weighted by molar-refractivity contribution is 0.0475. The normalized spacial score (nSPS) is 17.2. The molecule has 0 aliphatic heterocycles. The Bertz CT molecular complexity index is 588. The molecule has 112 valence electrons. The summed E-state index contributed by atoms with van der Waals surface area (Å²) in [4.78, 5) is 4.16. The molecule has 0 spiro atoms. The van der Waals surface area contributed by atoms with Crippen LogP contribution in [0.15, 0.2) is 30.7 Å². The van der Waals surface area contributed by atoms with Gasteiger partial charge in [0.25, 0.3) is 0 Å². The Morgan fingerprint density at radius 1 is 1.38 bits per heavy atom. The van der Waals surface area contributed by atoms with Crippen LogP contribution in [0.25, 0.3) is 11.3 Å². The fourth-order valence-corrected chi connectivity index (χ4v) is 3.05. The minimum absolute atomic E-state index is 0.517. The fourth-order valence-electron chi connectivity index (χ4n) is 3.05. The van der Waals surface area contributed by atoms with E-state index in [9.17, 15) is 5.11 Å². The first-order chi connectivity index (χ1) is 10.2. The standard InChI is InChI=1S/C16H22N4O/c1-20-11-14(10-18-12-16(21)6-2-3-7-16)15(19-20)13-5-4-8-17-9-13/h4-5,8-9,11,18,21H,2-3,6-7,10,12H2,1H3. The molecule has 1 saturated carbocycles. The van der Waals surface area contributed by atoms with Crippen LogP contribution in [0.3, 0.4) is 0 Å². The van der Waals surface area contributed by atoms with Crippen molar-refractivity contribution in [2.24, 2.45) is 7.05 Å². The second-order valence-electron chi connectivity index (χ2n) is 5.95. The molecular weight excluding hydrogens is 264 g/mol. The molecule has 1 aliphatic carbocycles. The summed E-state index contributed by atoms with van der Waals surface area (Å²) in [5, 5.41) is 18.3. The smallest absolute Gasteiger partial charge is 0.0983 e.